The zero-order valence-corrected chi connectivity index (χ0v) is 27.1. The molecule has 2 saturated heterocycles. The second kappa shape index (κ2) is 11.4. The number of rotatable bonds is 3. The topological polar surface area (TPSA) is 86.1 Å². The highest BCUT2D eigenvalue weighted by molar-refractivity contribution is 5.74. The molecule has 2 aromatic carbocycles. The van der Waals surface area contributed by atoms with Crippen molar-refractivity contribution in [3.05, 3.63) is 71.4 Å². The Hall–Kier alpha value is -4.08. The summed E-state index contributed by atoms with van der Waals surface area (Å²) in [6, 6.07) is 14.2. The minimum Gasteiger partial charge on any atom is -0.480 e. The molecular weight excluding hydrogens is 575 g/mol. The van der Waals surface area contributed by atoms with Crippen LogP contribution in [0, 0.1) is 5.82 Å². The number of halogens is 1. The molecule has 1 aromatic heterocycles. The predicted molar refractivity (Wildman–Crippen MR) is 167 cm³/mol. The van der Waals surface area contributed by atoms with Crippen LogP contribution in [0.4, 0.5) is 14.0 Å². The fourth-order valence-electron chi connectivity index (χ4n) is 7.10. The Kier molecular flexibility index (Phi) is 7.82. The van der Waals surface area contributed by atoms with E-state index in [1.54, 1.807) is 11.0 Å². The minimum absolute atomic E-state index is 0.0661. The van der Waals surface area contributed by atoms with Crippen molar-refractivity contribution >= 4 is 12.2 Å². The van der Waals surface area contributed by atoms with Gasteiger partial charge in [-0.1, -0.05) is 30.3 Å². The summed E-state index contributed by atoms with van der Waals surface area (Å²) in [5.41, 5.74) is 1.43. The summed E-state index contributed by atoms with van der Waals surface area (Å²) >= 11 is 0. The van der Waals surface area contributed by atoms with Crippen molar-refractivity contribution in [1.82, 2.24) is 19.4 Å². The Balaban J connectivity index is 1.26. The first-order valence-electron chi connectivity index (χ1n) is 15.8. The number of fused-ring (bicyclic) bond motifs is 4. The highest BCUT2D eigenvalue weighted by atomic mass is 19.1. The average molecular weight is 619 g/mol. The zero-order valence-electron chi connectivity index (χ0n) is 27.1. The van der Waals surface area contributed by atoms with E-state index in [-0.39, 0.29) is 30.5 Å². The van der Waals surface area contributed by atoms with Crippen LogP contribution in [0.2, 0.25) is 0 Å². The van der Waals surface area contributed by atoms with E-state index in [1.807, 2.05) is 63.1 Å². The van der Waals surface area contributed by atoms with Crippen molar-refractivity contribution < 1.29 is 28.2 Å². The summed E-state index contributed by atoms with van der Waals surface area (Å²) in [6.45, 7) is 11.4. The third kappa shape index (κ3) is 5.99. The molecule has 6 rings (SSSR count). The van der Waals surface area contributed by atoms with Crippen molar-refractivity contribution in [2.75, 3.05) is 19.6 Å². The number of aromatic nitrogens is 2. The molecule has 9 nitrogen and oxygen atoms in total. The largest absolute Gasteiger partial charge is 0.480 e. The molecule has 0 bridgehead atoms. The van der Waals surface area contributed by atoms with Crippen LogP contribution in [0.1, 0.15) is 83.3 Å². The van der Waals surface area contributed by atoms with E-state index >= 15 is 0 Å². The van der Waals surface area contributed by atoms with Crippen molar-refractivity contribution in [2.45, 2.75) is 89.6 Å². The SMILES string of the molecule is Cn1c(C2CCN(C(=O)OC(C)(C)C)C(C)(C)C2)nc2c1C1(CCN(C(=O)OCc3ccccc3)CC1)Oc1ccc(F)cc1-2. The van der Waals surface area contributed by atoms with Crippen molar-refractivity contribution in [2.24, 2.45) is 7.05 Å². The molecule has 1 spiro atoms. The van der Waals surface area contributed by atoms with Gasteiger partial charge in [0.05, 0.1) is 11.4 Å². The Morgan fingerprint density at radius 2 is 1.76 bits per heavy atom. The number of imidazole rings is 1. The van der Waals surface area contributed by atoms with Gasteiger partial charge in [-0.15, -0.1) is 0 Å². The molecule has 4 heterocycles. The van der Waals surface area contributed by atoms with Crippen molar-refractivity contribution in [3.63, 3.8) is 0 Å². The third-order valence-electron chi connectivity index (χ3n) is 9.25. The van der Waals surface area contributed by atoms with Gasteiger partial charge in [0.15, 0.2) is 5.60 Å². The predicted octanol–water partition coefficient (Wildman–Crippen LogP) is 7.14. The summed E-state index contributed by atoms with van der Waals surface area (Å²) in [5.74, 6) is 1.20. The molecule has 0 radical (unpaired) electrons. The van der Waals surface area contributed by atoms with Gasteiger partial charge in [-0.05, 0) is 71.2 Å². The molecule has 3 aliphatic rings. The molecule has 10 heteroatoms. The molecule has 0 aliphatic carbocycles. The molecule has 0 saturated carbocycles. The minimum atomic E-state index is -0.733. The lowest BCUT2D eigenvalue weighted by molar-refractivity contribution is -0.0123. The second-order valence-corrected chi connectivity index (χ2v) is 14.1. The number of hydrogen-bond donors (Lipinski definition) is 0. The smallest absolute Gasteiger partial charge is 0.410 e. The fraction of sp³-hybridized carbons (Fsp3) is 0.514. The van der Waals surface area contributed by atoms with Crippen LogP contribution in [-0.2, 0) is 28.7 Å². The summed E-state index contributed by atoms with van der Waals surface area (Å²) in [7, 11) is 2.00. The van der Waals surface area contributed by atoms with E-state index in [2.05, 4.69) is 18.4 Å². The van der Waals surface area contributed by atoms with Crippen LogP contribution in [-0.4, -0.2) is 62.3 Å². The first-order valence-corrected chi connectivity index (χ1v) is 15.8. The first kappa shape index (κ1) is 30.9. The molecule has 0 N–H and O–H groups in total. The summed E-state index contributed by atoms with van der Waals surface area (Å²) < 4.78 is 34.7. The van der Waals surface area contributed by atoms with E-state index in [9.17, 15) is 14.0 Å². The first-order chi connectivity index (χ1) is 21.3. The van der Waals surface area contributed by atoms with Gasteiger partial charge >= 0.3 is 12.2 Å². The summed E-state index contributed by atoms with van der Waals surface area (Å²) in [5, 5.41) is 0. The number of benzene rings is 2. The molecule has 2 amide bonds. The van der Waals surface area contributed by atoms with Crippen LogP contribution < -0.4 is 4.74 Å². The van der Waals surface area contributed by atoms with Gasteiger partial charge in [-0.2, -0.15) is 0 Å². The maximum Gasteiger partial charge on any atom is 0.410 e. The van der Waals surface area contributed by atoms with Gasteiger partial charge in [-0.3, -0.25) is 0 Å². The molecule has 2 fully saturated rings. The normalized spacial score (nSPS) is 20.2. The number of carbonyl (C=O) groups excluding carboxylic acids is 2. The molecular formula is C35H43FN4O5. The molecule has 1 atom stereocenters. The van der Waals surface area contributed by atoms with Gasteiger partial charge in [0.2, 0.25) is 0 Å². The second-order valence-electron chi connectivity index (χ2n) is 14.1. The number of ether oxygens (including phenoxy) is 3. The zero-order chi connectivity index (χ0) is 32.1. The van der Waals surface area contributed by atoms with E-state index in [4.69, 9.17) is 19.2 Å². The van der Waals surface area contributed by atoms with Crippen molar-refractivity contribution in [1.29, 1.82) is 0 Å². The number of amides is 2. The average Bonchev–Trinajstić information content (AvgIpc) is 3.34. The maximum atomic E-state index is 14.6. The van der Waals surface area contributed by atoms with Gasteiger partial charge in [0, 0.05) is 56.5 Å². The van der Waals surface area contributed by atoms with Crippen LogP contribution in [0.15, 0.2) is 48.5 Å². The molecule has 3 aliphatic heterocycles. The highest BCUT2D eigenvalue weighted by Gasteiger charge is 2.49. The quantitative estimate of drug-likeness (QED) is 0.310. The molecule has 3 aromatic rings. The van der Waals surface area contributed by atoms with E-state index < -0.39 is 16.7 Å². The third-order valence-corrected chi connectivity index (χ3v) is 9.25. The van der Waals surface area contributed by atoms with E-state index in [1.165, 1.54) is 12.1 Å². The lowest BCUT2D eigenvalue weighted by Crippen LogP contribution is -2.54. The van der Waals surface area contributed by atoms with Gasteiger partial charge in [0.1, 0.15) is 29.6 Å². The van der Waals surface area contributed by atoms with Gasteiger partial charge in [-0.25, -0.2) is 19.0 Å². The van der Waals surface area contributed by atoms with E-state index in [0.717, 1.165) is 29.2 Å². The Bertz CT molecular complexity index is 1590. The Morgan fingerprint density at radius 3 is 2.42 bits per heavy atom. The number of piperidine rings is 2. The lowest BCUT2D eigenvalue weighted by Gasteiger charge is -2.45. The summed E-state index contributed by atoms with van der Waals surface area (Å²) in [4.78, 5) is 34.8. The number of nitrogens with zero attached hydrogens (tertiary/aromatic N) is 4. The molecule has 240 valence electrons. The van der Waals surface area contributed by atoms with Crippen molar-refractivity contribution in [3.8, 4) is 17.0 Å². The molecule has 1 unspecified atom stereocenters. The van der Waals surface area contributed by atoms with Gasteiger partial charge in [0.25, 0.3) is 0 Å². The monoisotopic (exact) mass is 618 g/mol. The van der Waals surface area contributed by atoms with Crippen LogP contribution in [0.25, 0.3) is 11.3 Å². The standard InChI is InChI=1S/C35H43FN4O5/c1-33(2,3)45-32(42)40-17-14-24(21-34(40,4)5)30-37-28-26-20-25(36)12-13-27(26)44-35(29(28)38(30)6)15-18-39(19-16-35)31(41)43-22-23-10-8-7-9-11-23/h7-13,20,24H,14-19,21-22H2,1-6H3. The molecule has 45 heavy (non-hydrogen) atoms. The Labute approximate surface area is 264 Å². The highest BCUT2D eigenvalue weighted by Crippen LogP contribution is 2.51. The van der Waals surface area contributed by atoms with Crippen LogP contribution in [0.5, 0.6) is 5.75 Å². The van der Waals surface area contributed by atoms with Gasteiger partial charge < -0.3 is 28.6 Å². The van der Waals surface area contributed by atoms with Crippen LogP contribution >= 0.6 is 0 Å². The lowest BCUT2D eigenvalue weighted by atomic mass is 9.82. The Morgan fingerprint density at radius 1 is 1.04 bits per heavy atom. The number of carbonyl (C=O) groups is 2. The maximum absolute atomic E-state index is 14.6. The fourth-order valence-corrected chi connectivity index (χ4v) is 7.10. The number of hydrogen-bond acceptors (Lipinski definition) is 6. The van der Waals surface area contributed by atoms with E-state index in [0.29, 0.717) is 50.2 Å². The summed E-state index contributed by atoms with van der Waals surface area (Å²) in [6.07, 6.45) is 1.84. The van der Waals surface area contributed by atoms with Crippen LogP contribution in [0.3, 0.4) is 0 Å². The number of likely N-dealkylation sites (tertiary alicyclic amines) is 2.